The predicted molar refractivity (Wildman–Crippen MR) is 99.6 cm³/mol. The van der Waals surface area contributed by atoms with Gasteiger partial charge < -0.3 is 15.0 Å². The van der Waals surface area contributed by atoms with Crippen LogP contribution in [0, 0.1) is 11.3 Å². The van der Waals surface area contributed by atoms with Gasteiger partial charge in [-0.2, -0.15) is 0 Å². The van der Waals surface area contributed by atoms with E-state index in [1.54, 1.807) is 29.2 Å². The molecule has 1 saturated heterocycles. The Hall–Kier alpha value is -2.37. The molecule has 1 unspecified atom stereocenters. The van der Waals surface area contributed by atoms with Crippen LogP contribution in [0.4, 0.5) is 5.69 Å². The van der Waals surface area contributed by atoms with Crippen molar-refractivity contribution in [1.82, 2.24) is 4.90 Å². The zero-order valence-corrected chi connectivity index (χ0v) is 16.0. The van der Waals surface area contributed by atoms with E-state index in [0.717, 1.165) is 18.4 Å². The highest BCUT2D eigenvalue weighted by atomic mass is 16.5. The normalized spacial score (nSPS) is 17.5. The molecule has 2 amide bonds. The molecule has 1 aliphatic heterocycles. The summed E-state index contributed by atoms with van der Waals surface area (Å²) in [7, 11) is 1.36. The number of carbonyl (C=O) groups excluding carboxylic acids is 3. The maximum absolute atomic E-state index is 12.6. The number of piperidine rings is 1. The lowest BCUT2D eigenvalue weighted by Crippen LogP contribution is -2.47. The summed E-state index contributed by atoms with van der Waals surface area (Å²) in [6, 6.07) is 7.14. The average Bonchev–Trinajstić information content (AvgIpc) is 2.61. The Labute approximate surface area is 154 Å². The average molecular weight is 360 g/mol. The number of anilines is 1. The van der Waals surface area contributed by atoms with Crippen molar-refractivity contribution in [3.8, 4) is 0 Å². The van der Waals surface area contributed by atoms with E-state index >= 15 is 0 Å². The van der Waals surface area contributed by atoms with Crippen LogP contribution in [0.5, 0.6) is 0 Å². The highest BCUT2D eigenvalue weighted by Gasteiger charge is 2.33. The van der Waals surface area contributed by atoms with Crippen LogP contribution in [-0.2, 0) is 25.5 Å². The number of benzene rings is 1. The van der Waals surface area contributed by atoms with Gasteiger partial charge in [-0.05, 0) is 30.5 Å². The molecule has 0 aliphatic carbocycles. The quantitative estimate of drug-likeness (QED) is 0.838. The SMILES string of the molecule is COC(=O)Cc1ccc(NC(=O)C2CCCN(C(=O)C(C)(C)C)C2)cc1. The molecule has 0 aromatic heterocycles. The van der Waals surface area contributed by atoms with Gasteiger partial charge in [-0.15, -0.1) is 0 Å². The number of ether oxygens (including phenoxy) is 1. The number of methoxy groups -OCH3 is 1. The molecular formula is C20H28N2O4. The molecule has 1 aliphatic rings. The monoisotopic (exact) mass is 360 g/mol. The standard InChI is InChI=1S/C20H28N2O4/c1-20(2,3)19(25)22-11-5-6-15(13-22)18(24)21-16-9-7-14(8-10-16)12-17(23)26-4/h7-10,15H,5-6,11-13H2,1-4H3,(H,21,24). The Kier molecular flexibility index (Phi) is 6.40. The fourth-order valence-corrected chi connectivity index (χ4v) is 3.04. The minimum atomic E-state index is -0.437. The molecule has 142 valence electrons. The first-order valence-corrected chi connectivity index (χ1v) is 8.96. The maximum Gasteiger partial charge on any atom is 0.309 e. The van der Waals surface area contributed by atoms with Crippen molar-refractivity contribution in [3.05, 3.63) is 29.8 Å². The number of carbonyl (C=O) groups is 3. The highest BCUT2D eigenvalue weighted by Crippen LogP contribution is 2.24. The lowest BCUT2D eigenvalue weighted by atomic mass is 9.91. The van der Waals surface area contributed by atoms with Crippen molar-refractivity contribution < 1.29 is 19.1 Å². The third-order valence-electron chi connectivity index (χ3n) is 4.52. The van der Waals surface area contributed by atoms with Crippen LogP contribution >= 0.6 is 0 Å². The van der Waals surface area contributed by atoms with Gasteiger partial charge in [0, 0.05) is 24.2 Å². The van der Waals surface area contributed by atoms with Crippen molar-refractivity contribution in [2.24, 2.45) is 11.3 Å². The summed E-state index contributed by atoms with van der Waals surface area (Å²) >= 11 is 0. The smallest absolute Gasteiger partial charge is 0.309 e. The number of hydrogen-bond donors (Lipinski definition) is 1. The van der Waals surface area contributed by atoms with E-state index in [2.05, 4.69) is 10.1 Å². The number of nitrogens with one attached hydrogen (secondary N) is 1. The zero-order valence-electron chi connectivity index (χ0n) is 16.0. The molecule has 1 aromatic carbocycles. The molecular weight excluding hydrogens is 332 g/mol. The van der Waals surface area contributed by atoms with E-state index in [0.29, 0.717) is 18.8 Å². The second-order valence-corrected chi connectivity index (χ2v) is 7.78. The fourth-order valence-electron chi connectivity index (χ4n) is 3.04. The van der Waals surface area contributed by atoms with Crippen LogP contribution in [-0.4, -0.2) is 42.9 Å². The summed E-state index contributed by atoms with van der Waals surface area (Å²) in [4.78, 5) is 38.1. The third kappa shape index (κ3) is 5.31. The van der Waals surface area contributed by atoms with Gasteiger partial charge in [-0.3, -0.25) is 14.4 Å². The molecule has 6 nitrogen and oxygen atoms in total. The third-order valence-corrected chi connectivity index (χ3v) is 4.52. The van der Waals surface area contributed by atoms with Crippen molar-refractivity contribution in [2.75, 3.05) is 25.5 Å². The highest BCUT2D eigenvalue weighted by molar-refractivity contribution is 5.93. The van der Waals surface area contributed by atoms with Gasteiger partial charge in [0.2, 0.25) is 11.8 Å². The van der Waals surface area contributed by atoms with Crippen molar-refractivity contribution in [3.63, 3.8) is 0 Å². The van der Waals surface area contributed by atoms with Crippen molar-refractivity contribution in [2.45, 2.75) is 40.0 Å². The molecule has 0 radical (unpaired) electrons. The number of nitrogens with zero attached hydrogens (tertiary/aromatic N) is 1. The van der Waals surface area contributed by atoms with Gasteiger partial charge in [0.25, 0.3) is 0 Å². The van der Waals surface area contributed by atoms with Crippen molar-refractivity contribution in [1.29, 1.82) is 0 Å². The van der Waals surface area contributed by atoms with Crippen LogP contribution in [0.15, 0.2) is 24.3 Å². The Bertz CT molecular complexity index is 661. The van der Waals surface area contributed by atoms with Crippen molar-refractivity contribution >= 4 is 23.5 Å². The Morgan fingerprint density at radius 2 is 1.85 bits per heavy atom. The van der Waals surface area contributed by atoms with E-state index in [1.807, 2.05) is 20.8 Å². The lowest BCUT2D eigenvalue weighted by molar-refractivity contribution is -0.142. The summed E-state index contributed by atoms with van der Waals surface area (Å²) in [6.45, 7) is 6.86. The summed E-state index contributed by atoms with van der Waals surface area (Å²) in [5, 5.41) is 2.91. The molecule has 0 bridgehead atoms. The molecule has 1 fully saturated rings. The van der Waals surface area contributed by atoms with E-state index in [4.69, 9.17) is 0 Å². The molecule has 6 heteroatoms. The molecule has 26 heavy (non-hydrogen) atoms. The lowest BCUT2D eigenvalue weighted by Gasteiger charge is -2.35. The van der Waals surface area contributed by atoms with E-state index in [-0.39, 0.29) is 30.1 Å². The number of amides is 2. The van der Waals surface area contributed by atoms with Gasteiger partial charge in [-0.25, -0.2) is 0 Å². The van der Waals surface area contributed by atoms with Crippen LogP contribution in [0.2, 0.25) is 0 Å². The van der Waals surface area contributed by atoms with E-state index in [1.165, 1.54) is 7.11 Å². The Balaban J connectivity index is 1.94. The first kappa shape index (κ1) is 19.9. The number of esters is 1. The topological polar surface area (TPSA) is 75.7 Å². The first-order chi connectivity index (χ1) is 12.2. The van der Waals surface area contributed by atoms with Crippen LogP contribution in [0.25, 0.3) is 0 Å². The second-order valence-electron chi connectivity index (χ2n) is 7.78. The maximum atomic E-state index is 12.6. The van der Waals surface area contributed by atoms with Gasteiger partial charge in [0.1, 0.15) is 0 Å². The minimum Gasteiger partial charge on any atom is -0.469 e. The predicted octanol–water partition coefficient (Wildman–Crippen LogP) is 2.63. The number of hydrogen-bond acceptors (Lipinski definition) is 4. The molecule has 1 N–H and O–H groups in total. The van der Waals surface area contributed by atoms with Gasteiger partial charge in [-0.1, -0.05) is 32.9 Å². The van der Waals surface area contributed by atoms with E-state index in [9.17, 15) is 14.4 Å². The summed E-state index contributed by atoms with van der Waals surface area (Å²) in [5.74, 6) is -0.489. The number of rotatable bonds is 4. The van der Waals surface area contributed by atoms with Crippen LogP contribution < -0.4 is 5.32 Å². The van der Waals surface area contributed by atoms with Crippen LogP contribution in [0.3, 0.4) is 0 Å². The zero-order chi connectivity index (χ0) is 19.3. The van der Waals surface area contributed by atoms with Gasteiger partial charge in [0.15, 0.2) is 0 Å². The molecule has 0 saturated carbocycles. The minimum absolute atomic E-state index is 0.0721. The largest absolute Gasteiger partial charge is 0.469 e. The molecule has 1 atom stereocenters. The molecule has 0 spiro atoms. The van der Waals surface area contributed by atoms with Crippen LogP contribution in [0.1, 0.15) is 39.2 Å². The molecule has 1 aromatic rings. The Morgan fingerprint density at radius 3 is 2.42 bits per heavy atom. The van der Waals surface area contributed by atoms with E-state index < -0.39 is 5.41 Å². The van der Waals surface area contributed by atoms with Gasteiger partial charge in [0.05, 0.1) is 19.4 Å². The fraction of sp³-hybridized carbons (Fsp3) is 0.550. The summed E-state index contributed by atoms with van der Waals surface area (Å²) in [6.07, 6.45) is 1.81. The molecule has 1 heterocycles. The first-order valence-electron chi connectivity index (χ1n) is 8.96. The molecule has 2 rings (SSSR count). The number of likely N-dealkylation sites (tertiary alicyclic amines) is 1. The van der Waals surface area contributed by atoms with Gasteiger partial charge >= 0.3 is 5.97 Å². The summed E-state index contributed by atoms with van der Waals surface area (Å²) in [5.41, 5.74) is 1.07. The Morgan fingerprint density at radius 1 is 1.19 bits per heavy atom. The summed E-state index contributed by atoms with van der Waals surface area (Å²) < 4.78 is 4.64. The second kappa shape index (κ2) is 8.34.